The second-order valence-corrected chi connectivity index (χ2v) is 5.94. The SMILES string of the molecule is CCC1Cc2c(C)cc(C)cc2C(C2CC2)N1. The Morgan fingerprint density at radius 3 is 2.65 bits per heavy atom. The average Bonchev–Trinajstić information content (AvgIpc) is 3.12. The van der Waals surface area contributed by atoms with E-state index in [1.807, 2.05) is 0 Å². The summed E-state index contributed by atoms with van der Waals surface area (Å²) < 4.78 is 0. The Bertz CT molecular complexity index is 431. The van der Waals surface area contributed by atoms with Crippen molar-refractivity contribution in [2.75, 3.05) is 0 Å². The summed E-state index contributed by atoms with van der Waals surface area (Å²) in [6, 6.07) is 6.10. The molecule has 0 radical (unpaired) electrons. The van der Waals surface area contributed by atoms with E-state index in [4.69, 9.17) is 0 Å². The number of hydrogen-bond donors (Lipinski definition) is 1. The molecule has 2 atom stereocenters. The van der Waals surface area contributed by atoms with Crippen LogP contribution < -0.4 is 5.32 Å². The van der Waals surface area contributed by atoms with Crippen LogP contribution in [0.5, 0.6) is 0 Å². The highest BCUT2D eigenvalue weighted by atomic mass is 15.0. The maximum absolute atomic E-state index is 3.88. The van der Waals surface area contributed by atoms with Gasteiger partial charge < -0.3 is 5.32 Å². The molecule has 0 bridgehead atoms. The molecular formula is C16H23N. The molecule has 2 aliphatic rings. The molecular weight excluding hydrogens is 206 g/mol. The molecule has 1 fully saturated rings. The molecule has 1 aliphatic carbocycles. The van der Waals surface area contributed by atoms with Gasteiger partial charge in [0, 0.05) is 12.1 Å². The number of hydrogen-bond acceptors (Lipinski definition) is 1. The van der Waals surface area contributed by atoms with Crippen LogP contribution in [0.1, 0.15) is 54.5 Å². The van der Waals surface area contributed by atoms with Crippen LogP contribution in [-0.4, -0.2) is 6.04 Å². The third-order valence-corrected chi connectivity index (χ3v) is 4.44. The van der Waals surface area contributed by atoms with Gasteiger partial charge in [-0.3, -0.25) is 0 Å². The largest absolute Gasteiger partial charge is 0.307 e. The first-order valence-electron chi connectivity index (χ1n) is 7.05. The maximum Gasteiger partial charge on any atom is 0.0354 e. The van der Waals surface area contributed by atoms with Crippen molar-refractivity contribution >= 4 is 0 Å². The molecule has 0 amide bonds. The molecule has 1 heteroatoms. The minimum absolute atomic E-state index is 0.641. The fourth-order valence-electron chi connectivity index (χ4n) is 3.32. The van der Waals surface area contributed by atoms with Crippen molar-refractivity contribution in [2.24, 2.45) is 5.92 Å². The van der Waals surface area contributed by atoms with E-state index < -0.39 is 0 Å². The zero-order valence-corrected chi connectivity index (χ0v) is 11.2. The molecule has 17 heavy (non-hydrogen) atoms. The second kappa shape index (κ2) is 4.13. The molecule has 1 nitrogen and oxygen atoms in total. The lowest BCUT2D eigenvalue weighted by molar-refractivity contribution is 0.365. The zero-order valence-electron chi connectivity index (χ0n) is 11.2. The number of nitrogens with one attached hydrogen (secondary N) is 1. The Hall–Kier alpha value is -0.820. The topological polar surface area (TPSA) is 12.0 Å². The van der Waals surface area contributed by atoms with Gasteiger partial charge in [-0.25, -0.2) is 0 Å². The van der Waals surface area contributed by atoms with Crippen molar-refractivity contribution in [3.05, 3.63) is 34.4 Å². The standard InChI is InChI=1S/C16H23N/c1-4-13-9-14-11(3)7-10(2)8-15(14)16(17-13)12-5-6-12/h7-8,12-13,16-17H,4-6,9H2,1-3H3. The number of fused-ring (bicyclic) bond motifs is 1. The first kappa shape index (κ1) is 11.3. The molecule has 2 unspecified atom stereocenters. The molecule has 0 spiro atoms. The Morgan fingerprint density at radius 2 is 2.00 bits per heavy atom. The van der Waals surface area contributed by atoms with E-state index in [9.17, 15) is 0 Å². The van der Waals surface area contributed by atoms with Gasteiger partial charge in [0.25, 0.3) is 0 Å². The first-order chi connectivity index (χ1) is 8.19. The van der Waals surface area contributed by atoms with Crippen LogP contribution in [-0.2, 0) is 6.42 Å². The van der Waals surface area contributed by atoms with E-state index in [2.05, 4.69) is 38.2 Å². The van der Waals surface area contributed by atoms with Crippen LogP contribution in [0.4, 0.5) is 0 Å². The third kappa shape index (κ3) is 2.01. The van der Waals surface area contributed by atoms with E-state index in [1.54, 1.807) is 11.1 Å². The van der Waals surface area contributed by atoms with Gasteiger partial charge in [-0.15, -0.1) is 0 Å². The minimum Gasteiger partial charge on any atom is -0.307 e. The van der Waals surface area contributed by atoms with Gasteiger partial charge in [0.1, 0.15) is 0 Å². The predicted octanol–water partition coefficient (Wildman–Crippen LogP) is 3.68. The quantitative estimate of drug-likeness (QED) is 0.815. The Kier molecular flexibility index (Phi) is 2.74. The van der Waals surface area contributed by atoms with Crippen molar-refractivity contribution in [3.63, 3.8) is 0 Å². The molecule has 1 heterocycles. The lowest BCUT2D eigenvalue weighted by Gasteiger charge is -2.34. The molecule has 92 valence electrons. The monoisotopic (exact) mass is 229 g/mol. The van der Waals surface area contributed by atoms with Gasteiger partial charge in [-0.2, -0.15) is 0 Å². The summed E-state index contributed by atoms with van der Waals surface area (Å²) in [5.74, 6) is 0.907. The van der Waals surface area contributed by atoms with E-state index in [1.165, 1.54) is 36.8 Å². The molecule has 0 aromatic heterocycles. The van der Waals surface area contributed by atoms with Crippen LogP contribution in [0.15, 0.2) is 12.1 Å². The van der Waals surface area contributed by atoms with Crippen molar-refractivity contribution in [1.82, 2.24) is 5.32 Å². The summed E-state index contributed by atoms with van der Waals surface area (Å²) in [4.78, 5) is 0. The lowest BCUT2D eigenvalue weighted by atomic mass is 9.83. The van der Waals surface area contributed by atoms with Crippen LogP contribution in [0, 0.1) is 19.8 Å². The van der Waals surface area contributed by atoms with Crippen molar-refractivity contribution in [3.8, 4) is 0 Å². The van der Waals surface area contributed by atoms with Crippen molar-refractivity contribution in [1.29, 1.82) is 0 Å². The Morgan fingerprint density at radius 1 is 1.24 bits per heavy atom. The summed E-state index contributed by atoms with van der Waals surface area (Å²) in [7, 11) is 0. The highest BCUT2D eigenvalue weighted by molar-refractivity contribution is 5.43. The van der Waals surface area contributed by atoms with Gasteiger partial charge >= 0.3 is 0 Å². The molecule has 0 saturated heterocycles. The summed E-state index contributed by atoms with van der Waals surface area (Å²) in [6.45, 7) is 6.81. The van der Waals surface area contributed by atoms with E-state index in [0.29, 0.717) is 12.1 Å². The summed E-state index contributed by atoms with van der Waals surface area (Å²) >= 11 is 0. The fraction of sp³-hybridized carbons (Fsp3) is 0.625. The number of benzene rings is 1. The first-order valence-corrected chi connectivity index (χ1v) is 7.05. The average molecular weight is 229 g/mol. The third-order valence-electron chi connectivity index (χ3n) is 4.44. The highest BCUT2D eigenvalue weighted by Crippen LogP contribution is 2.45. The lowest BCUT2D eigenvalue weighted by Crippen LogP contribution is -2.40. The van der Waals surface area contributed by atoms with E-state index >= 15 is 0 Å². The van der Waals surface area contributed by atoms with Gasteiger partial charge in [0.15, 0.2) is 0 Å². The van der Waals surface area contributed by atoms with Gasteiger partial charge in [-0.1, -0.05) is 24.6 Å². The molecule has 1 aromatic carbocycles. The zero-order chi connectivity index (χ0) is 12.0. The number of aryl methyl sites for hydroxylation is 2. The fourth-order valence-corrected chi connectivity index (χ4v) is 3.32. The van der Waals surface area contributed by atoms with Crippen LogP contribution in [0.25, 0.3) is 0 Å². The second-order valence-electron chi connectivity index (χ2n) is 5.94. The van der Waals surface area contributed by atoms with Crippen molar-refractivity contribution < 1.29 is 0 Å². The van der Waals surface area contributed by atoms with Crippen LogP contribution >= 0.6 is 0 Å². The van der Waals surface area contributed by atoms with E-state index in [-0.39, 0.29) is 0 Å². The summed E-state index contributed by atoms with van der Waals surface area (Å²) in [6.07, 6.45) is 5.30. The molecule has 1 N–H and O–H groups in total. The molecule has 1 aromatic rings. The summed E-state index contributed by atoms with van der Waals surface area (Å²) in [5, 5.41) is 3.88. The number of rotatable bonds is 2. The van der Waals surface area contributed by atoms with E-state index in [0.717, 1.165) is 5.92 Å². The Balaban J connectivity index is 2.04. The summed E-state index contributed by atoms with van der Waals surface area (Å²) in [5.41, 5.74) is 6.17. The smallest absolute Gasteiger partial charge is 0.0354 e. The van der Waals surface area contributed by atoms with Crippen LogP contribution in [0.3, 0.4) is 0 Å². The van der Waals surface area contributed by atoms with Crippen LogP contribution in [0.2, 0.25) is 0 Å². The van der Waals surface area contributed by atoms with Gasteiger partial charge in [-0.05, 0) is 62.1 Å². The molecule has 3 rings (SSSR count). The maximum atomic E-state index is 3.88. The van der Waals surface area contributed by atoms with Gasteiger partial charge in [0.2, 0.25) is 0 Å². The minimum atomic E-state index is 0.641. The Labute approximate surface area is 105 Å². The van der Waals surface area contributed by atoms with Gasteiger partial charge in [0.05, 0.1) is 0 Å². The normalized spacial score (nSPS) is 27.9. The van der Waals surface area contributed by atoms with Crippen molar-refractivity contribution in [2.45, 2.75) is 58.5 Å². The molecule has 1 aliphatic heterocycles. The predicted molar refractivity (Wildman–Crippen MR) is 72.3 cm³/mol. The molecule has 1 saturated carbocycles. The highest BCUT2D eigenvalue weighted by Gasteiger charge is 2.37.